The van der Waals surface area contributed by atoms with Gasteiger partial charge in [-0.05, 0) is 44.7 Å². The van der Waals surface area contributed by atoms with Gasteiger partial charge in [-0.25, -0.2) is 0 Å². The maximum atomic E-state index is 6.12. The number of rotatable bonds is 6. The van der Waals surface area contributed by atoms with Crippen molar-refractivity contribution < 1.29 is 4.74 Å². The molecule has 0 radical (unpaired) electrons. The lowest BCUT2D eigenvalue weighted by atomic mass is 9.96. The van der Waals surface area contributed by atoms with Crippen molar-refractivity contribution in [3.05, 3.63) is 34.9 Å². The smallest absolute Gasteiger partial charge is 0.0623 e. The third kappa shape index (κ3) is 5.07. The summed E-state index contributed by atoms with van der Waals surface area (Å²) in [5, 5.41) is 0.800. The standard InChI is InChI=1S/C14H22ClNO/c1-14(2,17-3)9-8-12(16)10-11-6-4-5-7-13(11)15/h4-7,12H,8-10,16H2,1-3H3. The van der Waals surface area contributed by atoms with Gasteiger partial charge in [-0.1, -0.05) is 29.8 Å². The molecule has 0 aromatic heterocycles. The van der Waals surface area contributed by atoms with Gasteiger partial charge in [-0.3, -0.25) is 0 Å². The lowest BCUT2D eigenvalue weighted by Crippen LogP contribution is -2.29. The van der Waals surface area contributed by atoms with Gasteiger partial charge in [0.05, 0.1) is 5.60 Å². The first-order valence-electron chi connectivity index (χ1n) is 5.99. The summed E-state index contributed by atoms with van der Waals surface area (Å²) < 4.78 is 5.38. The molecule has 0 aliphatic rings. The monoisotopic (exact) mass is 255 g/mol. The third-order valence-corrected chi connectivity index (χ3v) is 3.48. The third-order valence-electron chi connectivity index (χ3n) is 3.11. The quantitative estimate of drug-likeness (QED) is 0.846. The molecule has 0 amide bonds. The van der Waals surface area contributed by atoms with E-state index in [-0.39, 0.29) is 11.6 Å². The SMILES string of the molecule is COC(C)(C)CCC(N)Cc1ccccc1Cl. The topological polar surface area (TPSA) is 35.2 Å². The van der Waals surface area contributed by atoms with Crippen LogP contribution in [0.3, 0.4) is 0 Å². The minimum Gasteiger partial charge on any atom is -0.379 e. The van der Waals surface area contributed by atoms with Crippen molar-refractivity contribution in [3.8, 4) is 0 Å². The molecule has 0 aliphatic heterocycles. The van der Waals surface area contributed by atoms with Gasteiger partial charge >= 0.3 is 0 Å². The van der Waals surface area contributed by atoms with Gasteiger partial charge in [0.1, 0.15) is 0 Å². The fourth-order valence-corrected chi connectivity index (χ4v) is 1.90. The summed E-state index contributed by atoms with van der Waals surface area (Å²) in [7, 11) is 1.74. The highest BCUT2D eigenvalue weighted by molar-refractivity contribution is 6.31. The molecule has 0 heterocycles. The Hall–Kier alpha value is -0.570. The van der Waals surface area contributed by atoms with Crippen LogP contribution in [-0.4, -0.2) is 18.8 Å². The zero-order valence-corrected chi connectivity index (χ0v) is 11.6. The average molecular weight is 256 g/mol. The Morgan fingerprint density at radius 1 is 1.35 bits per heavy atom. The molecule has 1 unspecified atom stereocenters. The second-order valence-corrected chi connectivity index (χ2v) is 5.47. The van der Waals surface area contributed by atoms with Crippen LogP contribution in [0.2, 0.25) is 5.02 Å². The average Bonchev–Trinajstić information content (AvgIpc) is 2.30. The summed E-state index contributed by atoms with van der Waals surface area (Å²) in [6, 6.07) is 7.99. The fourth-order valence-electron chi connectivity index (χ4n) is 1.68. The summed E-state index contributed by atoms with van der Waals surface area (Å²) in [5.41, 5.74) is 7.15. The van der Waals surface area contributed by atoms with E-state index in [1.54, 1.807) is 7.11 Å². The molecule has 1 rings (SSSR count). The number of halogens is 1. The molecule has 1 aromatic rings. The molecule has 0 aliphatic carbocycles. The van der Waals surface area contributed by atoms with Crippen LogP contribution >= 0.6 is 11.6 Å². The van der Waals surface area contributed by atoms with Gasteiger partial charge in [0.2, 0.25) is 0 Å². The van der Waals surface area contributed by atoms with Crippen molar-refractivity contribution in [2.75, 3.05) is 7.11 Å². The Morgan fingerprint density at radius 3 is 2.59 bits per heavy atom. The summed E-state index contributed by atoms with van der Waals surface area (Å²) in [5.74, 6) is 0. The number of hydrogen-bond acceptors (Lipinski definition) is 2. The minimum atomic E-state index is -0.0991. The van der Waals surface area contributed by atoms with Crippen molar-refractivity contribution in [2.24, 2.45) is 5.73 Å². The molecule has 0 bridgehead atoms. The fraction of sp³-hybridized carbons (Fsp3) is 0.571. The Bertz CT molecular complexity index is 352. The van der Waals surface area contributed by atoms with E-state index in [1.165, 1.54) is 0 Å². The first-order valence-corrected chi connectivity index (χ1v) is 6.36. The highest BCUT2D eigenvalue weighted by Crippen LogP contribution is 2.20. The van der Waals surface area contributed by atoms with Crippen LogP contribution in [0.25, 0.3) is 0 Å². The van der Waals surface area contributed by atoms with Gasteiger partial charge in [0, 0.05) is 18.2 Å². The van der Waals surface area contributed by atoms with E-state index in [0.29, 0.717) is 0 Å². The Morgan fingerprint density at radius 2 is 2.00 bits per heavy atom. The summed E-state index contributed by atoms with van der Waals surface area (Å²) in [4.78, 5) is 0. The number of hydrogen-bond donors (Lipinski definition) is 1. The number of ether oxygens (including phenoxy) is 1. The molecule has 1 atom stereocenters. The molecule has 1 aromatic carbocycles. The van der Waals surface area contributed by atoms with Crippen molar-refractivity contribution in [2.45, 2.75) is 44.8 Å². The molecular weight excluding hydrogens is 234 g/mol. The molecule has 2 N–H and O–H groups in total. The highest BCUT2D eigenvalue weighted by atomic mass is 35.5. The first-order chi connectivity index (χ1) is 7.94. The van der Waals surface area contributed by atoms with Gasteiger partial charge in [-0.2, -0.15) is 0 Å². The lowest BCUT2D eigenvalue weighted by Gasteiger charge is -2.24. The van der Waals surface area contributed by atoms with Crippen LogP contribution in [0.4, 0.5) is 0 Å². The second-order valence-electron chi connectivity index (χ2n) is 5.06. The van der Waals surface area contributed by atoms with E-state index in [1.807, 2.05) is 24.3 Å². The van der Waals surface area contributed by atoms with Crippen LogP contribution in [0, 0.1) is 0 Å². The second kappa shape index (κ2) is 6.39. The van der Waals surface area contributed by atoms with Gasteiger partial charge < -0.3 is 10.5 Å². The van der Waals surface area contributed by atoms with Crippen molar-refractivity contribution >= 4 is 11.6 Å². The van der Waals surface area contributed by atoms with Crippen LogP contribution in [0.15, 0.2) is 24.3 Å². The van der Waals surface area contributed by atoms with Crippen LogP contribution in [0.5, 0.6) is 0 Å². The lowest BCUT2D eigenvalue weighted by molar-refractivity contribution is 0.0125. The van der Waals surface area contributed by atoms with Crippen LogP contribution < -0.4 is 5.73 Å². The molecular formula is C14H22ClNO. The van der Waals surface area contributed by atoms with E-state index in [9.17, 15) is 0 Å². The van der Waals surface area contributed by atoms with Crippen molar-refractivity contribution in [1.82, 2.24) is 0 Å². The molecule has 17 heavy (non-hydrogen) atoms. The van der Waals surface area contributed by atoms with E-state index in [4.69, 9.17) is 22.1 Å². The first kappa shape index (κ1) is 14.5. The normalized spacial score (nSPS) is 13.7. The van der Waals surface area contributed by atoms with Gasteiger partial charge in [0.15, 0.2) is 0 Å². The Kier molecular flexibility index (Phi) is 5.44. The molecule has 2 nitrogen and oxygen atoms in total. The largest absolute Gasteiger partial charge is 0.379 e. The summed E-state index contributed by atoms with van der Waals surface area (Å²) in [6.45, 7) is 4.16. The van der Waals surface area contributed by atoms with E-state index < -0.39 is 0 Å². The minimum absolute atomic E-state index is 0.0991. The molecule has 0 saturated carbocycles. The molecule has 0 saturated heterocycles. The summed E-state index contributed by atoms with van der Waals surface area (Å²) in [6.07, 6.45) is 2.71. The van der Waals surface area contributed by atoms with E-state index in [2.05, 4.69) is 13.8 Å². The van der Waals surface area contributed by atoms with Crippen molar-refractivity contribution in [3.63, 3.8) is 0 Å². The predicted molar refractivity (Wildman–Crippen MR) is 73.5 cm³/mol. The Balaban J connectivity index is 2.45. The number of nitrogens with two attached hydrogens (primary N) is 1. The highest BCUT2D eigenvalue weighted by Gasteiger charge is 2.18. The summed E-state index contributed by atoms with van der Waals surface area (Å²) >= 11 is 6.11. The van der Waals surface area contributed by atoms with Crippen LogP contribution in [-0.2, 0) is 11.2 Å². The molecule has 96 valence electrons. The maximum absolute atomic E-state index is 6.12. The van der Waals surface area contributed by atoms with Crippen LogP contribution in [0.1, 0.15) is 32.3 Å². The molecule has 0 fully saturated rings. The number of benzene rings is 1. The maximum Gasteiger partial charge on any atom is 0.0623 e. The number of methoxy groups -OCH3 is 1. The van der Waals surface area contributed by atoms with Gasteiger partial charge in [-0.15, -0.1) is 0 Å². The van der Waals surface area contributed by atoms with Crippen molar-refractivity contribution in [1.29, 1.82) is 0 Å². The van der Waals surface area contributed by atoms with E-state index >= 15 is 0 Å². The zero-order chi connectivity index (χ0) is 12.9. The molecule has 0 spiro atoms. The van der Waals surface area contributed by atoms with Gasteiger partial charge in [0.25, 0.3) is 0 Å². The van der Waals surface area contributed by atoms with E-state index in [0.717, 1.165) is 29.8 Å². The molecule has 3 heteroatoms. The zero-order valence-electron chi connectivity index (χ0n) is 10.9. The Labute approximate surface area is 109 Å². The predicted octanol–water partition coefficient (Wildman–Crippen LogP) is 3.42.